The first-order valence-electron chi connectivity index (χ1n) is 8.73. The van der Waals surface area contributed by atoms with Crippen molar-refractivity contribution >= 4 is 26.8 Å². The van der Waals surface area contributed by atoms with Crippen LogP contribution in [0.2, 0.25) is 0 Å². The zero-order valence-corrected chi connectivity index (χ0v) is 16.8. The lowest BCUT2D eigenvalue weighted by Crippen LogP contribution is -2.33. The summed E-state index contributed by atoms with van der Waals surface area (Å²) >= 11 is 0. The van der Waals surface area contributed by atoms with E-state index in [0.717, 1.165) is 16.1 Å². The molecule has 0 saturated heterocycles. The van der Waals surface area contributed by atoms with E-state index in [1.54, 1.807) is 36.2 Å². The van der Waals surface area contributed by atoms with E-state index in [4.69, 9.17) is 0 Å². The Hall–Kier alpha value is -2.71. The lowest BCUT2D eigenvalue weighted by molar-refractivity contribution is 0.0788. The molecule has 0 radical (unpaired) electrons. The van der Waals surface area contributed by atoms with Gasteiger partial charge in [-0.3, -0.25) is 4.79 Å². The second kappa shape index (κ2) is 7.73. The van der Waals surface area contributed by atoms with Crippen molar-refractivity contribution in [1.29, 1.82) is 0 Å². The summed E-state index contributed by atoms with van der Waals surface area (Å²) in [6, 6.07) is 11.5. The summed E-state index contributed by atoms with van der Waals surface area (Å²) in [6.45, 7) is 1.20. The molecule has 3 rings (SSSR count). The molecule has 0 aliphatic rings. The second-order valence-corrected chi connectivity index (χ2v) is 8.66. The number of fused-ring (bicyclic) bond motifs is 1. The number of carbonyl (C=O) groups excluding carboxylic acids is 1. The molecule has 0 saturated carbocycles. The van der Waals surface area contributed by atoms with Gasteiger partial charge in [-0.15, -0.1) is 0 Å². The molecule has 0 spiro atoms. The molecular weight excluding hydrogens is 381 g/mol. The van der Waals surface area contributed by atoms with E-state index in [9.17, 15) is 17.6 Å². The molecule has 0 unspecified atom stereocenters. The van der Waals surface area contributed by atoms with Crippen molar-refractivity contribution in [2.75, 3.05) is 34.2 Å². The maximum absolute atomic E-state index is 13.2. The minimum Gasteiger partial charge on any atom is -0.340 e. The highest BCUT2D eigenvalue weighted by atomic mass is 32.2. The largest absolute Gasteiger partial charge is 0.340 e. The van der Waals surface area contributed by atoms with Crippen molar-refractivity contribution in [2.24, 2.45) is 0 Å². The van der Waals surface area contributed by atoms with E-state index in [2.05, 4.69) is 0 Å². The van der Waals surface area contributed by atoms with Crippen molar-refractivity contribution in [3.8, 4) is 0 Å². The number of benzene rings is 2. The molecule has 0 fully saturated rings. The summed E-state index contributed by atoms with van der Waals surface area (Å²) < 4.78 is 40.5. The predicted octanol–water partition coefficient (Wildman–Crippen LogP) is 2.65. The van der Waals surface area contributed by atoms with Gasteiger partial charge in [-0.2, -0.15) is 0 Å². The fraction of sp³-hybridized carbons (Fsp3) is 0.250. The Kier molecular flexibility index (Phi) is 5.53. The number of likely N-dealkylation sites (N-methyl/N-ethyl adjacent to an activating group) is 2. The smallest absolute Gasteiger partial charge is 0.268 e. The van der Waals surface area contributed by atoms with Crippen molar-refractivity contribution < 1.29 is 17.6 Å². The number of hydrogen-bond acceptors (Lipinski definition) is 4. The highest BCUT2D eigenvalue weighted by Gasteiger charge is 2.25. The van der Waals surface area contributed by atoms with E-state index in [1.807, 2.05) is 19.0 Å². The van der Waals surface area contributed by atoms with E-state index >= 15 is 0 Å². The molecule has 6 nitrogen and oxygen atoms in total. The number of para-hydroxylation sites is 1. The molecule has 1 aromatic heterocycles. The van der Waals surface area contributed by atoms with Gasteiger partial charge >= 0.3 is 0 Å². The van der Waals surface area contributed by atoms with Gasteiger partial charge in [-0.05, 0) is 44.4 Å². The van der Waals surface area contributed by atoms with Gasteiger partial charge in [-0.1, -0.05) is 18.2 Å². The second-order valence-electron chi connectivity index (χ2n) is 6.84. The standard InChI is InChI=1S/C20H22FN3O3S/c1-22(2)12-13-23(3)20(25)18-14-24(19-7-5-4-6-17(18)19)28(26,27)16-10-8-15(21)9-11-16/h4-11,14H,12-13H2,1-3H3. The number of hydrogen-bond donors (Lipinski definition) is 0. The Labute approximate surface area is 163 Å². The van der Waals surface area contributed by atoms with Crippen LogP contribution in [0.15, 0.2) is 59.6 Å². The summed E-state index contributed by atoms with van der Waals surface area (Å²) in [6.07, 6.45) is 1.35. The van der Waals surface area contributed by atoms with Crippen LogP contribution in [0.3, 0.4) is 0 Å². The van der Waals surface area contributed by atoms with Gasteiger partial charge in [-0.25, -0.2) is 16.8 Å². The fourth-order valence-corrected chi connectivity index (χ4v) is 4.27. The maximum Gasteiger partial charge on any atom is 0.268 e. The van der Waals surface area contributed by atoms with Crippen LogP contribution in [0.4, 0.5) is 4.39 Å². The Morgan fingerprint density at radius 2 is 1.64 bits per heavy atom. The number of aromatic nitrogens is 1. The third-order valence-corrected chi connectivity index (χ3v) is 6.20. The first-order chi connectivity index (χ1) is 13.2. The number of nitrogens with zero attached hydrogens (tertiary/aromatic N) is 3. The quantitative estimate of drug-likeness (QED) is 0.635. The molecule has 0 aliphatic heterocycles. The lowest BCUT2D eigenvalue weighted by Gasteiger charge is -2.19. The monoisotopic (exact) mass is 403 g/mol. The summed E-state index contributed by atoms with van der Waals surface area (Å²) in [4.78, 5) is 16.4. The predicted molar refractivity (Wildman–Crippen MR) is 106 cm³/mol. The van der Waals surface area contributed by atoms with Crippen LogP contribution in [0.5, 0.6) is 0 Å². The number of amides is 1. The van der Waals surface area contributed by atoms with Crippen LogP contribution in [-0.2, 0) is 10.0 Å². The van der Waals surface area contributed by atoms with Crippen molar-refractivity contribution in [2.45, 2.75) is 4.90 Å². The van der Waals surface area contributed by atoms with Gasteiger partial charge in [0, 0.05) is 31.7 Å². The van der Waals surface area contributed by atoms with Gasteiger partial charge in [0.2, 0.25) is 0 Å². The topological polar surface area (TPSA) is 62.6 Å². The van der Waals surface area contributed by atoms with E-state index in [-0.39, 0.29) is 10.8 Å². The Morgan fingerprint density at radius 1 is 1.00 bits per heavy atom. The number of carbonyl (C=O) groups is 1. The number of halogens is 1. The molecule has 0 aliphatic carbocycles. The van der Waals surface area contributed by atoms with E-state index in [0.29, 0.717) is 29.6 Å². The minimum atomic E-state index is -3.98. The van der Waals surface area contributed by atoms with Crippen molar-refractivity contribution in [1.82, 2.24) is 13.8 Å². The molecule has 0 atom stereocenters. The van der Waals surface area contributed by atoms with Gasteiger partial charge in [0.15, 0.2) is 0 Å². The minimum absolute atomic E-state index is 0.0467. The molecule has 0 N–H and O–H groups in total. The molecule has 148 valence electrons. The molecule has 3 aromatic rings. The fourth-order valence-electron chi connectivity index (χ4n) is 2.90. The first kappa shape index (κ1) is 20.0. The Balaban J connectivity index is 2.08. The SMILES string of the molecule is CN(C)CCN(C)C(=O)c1cn(S(=O)(=O)c2ccc(F)cc2)c2ccccc12. The first-order valence-corrected chi connectivity index (χ1v) is 10.2. The molecular formula is C20H22FN3O3S. The number of rotatable bonds is 6. The van der Waals surface area contributed by atoms with Crippen LogP contribution in [0.1, 0.15) is 10.4 Å². The maximum atomic E-state index is 13.2. The highest BCUT2D eigenvalue weighted by molar-refractivity contribution is 7.90. The van der Waals surface area contributed by atoms with Crippen LogP contribution < -0.4 is 0 Å². The summed E-state index contributed by atoms with van der Waals surface area (Å²) in [5.41, 5.74) is 0.707. The zero-order chi connectivity index (χ0) is 20.5. The van der Waals surface area contributed by atoms with Crippen LogP contribution in [0.25, 0.3) is 10.9 Å². The molecule has 0 bridgehead atoms. The molecule has 2 aromatic carbocycles. The van der Waals surface area contributed by atoms with Gasteiger partial charge in [0.25, 0.3) is 15.9 Å². The highest BCUT2D eigenvalue weighted by Crippen LogP contribution is 2.27. The average Bonchev–Trinajstić information content (AvgIpc) is 3.06. The van der Waals surface area contributed by atoms with Crippen LogP contribution in [-0.4, -0.2) is 62.3 Å². The summed E-state index contributed by atoms with van der Waals surface area (Å²) in [5.74, 6) is -0.777. The third kappa shape index (κ3) is 3.79. The van der Waals surface area contributed by atoms with E-state index in [1.165, 1.54) is 18.3 Å². The van der Waals surface area contributed by atoms with Crippen LogP contribution in [0, 0.1) is 5.82 Å². The Morgan fingerprint density at radius 3 is 2.29 bits per heavy atom. The molecule has 1 heterocycles. The van der Waals surface area contributed by atoms with Crippen molar-refractivity contribution in [3.05, 3.63) is 66.1 Å². The van der Waals surface area contributed by atoms with Gasteiger partial charge in [0.05, 0.1) is 16.0 Å². The summed E-state index contributed by atoms with van der Waals surface area (Å²) in [5, 5.41) is 0.551. The molecule has 8 heteroatoms. The summed E-state index contributed by atoms with van der Waals surface area (Å²) in [7, 11) is 1.54. The van der Waals surface area contributed by atoms with E-state index < -0.39 is 15.8 Å². The molecule has 1 amide bonds. The Bertz CT molecular complexity index is 1110. The van der Waals surface area contributed by atoms with Crippen LogP contribution >= 0.6 is 0 Å². The molecule has 28 heavy (non-hydrogen) atoms. The van der Waals surface area contributed by atoms with Gasteiger partial charge in [0.1, 0.15) is 5.82 Å². The average molecular weight is 403 g/mol. The van der Waals surface area contributed by atoms with Gasteiger partial charge < -0.3 is 9.80 Å². The third-order valence-electron chi connectivity index (χ3n) is 4.51. The lowest BCUT2D eigenvalue weighted by atomic mass is 10.1. The van der Waals surface area contributed by atoms with Crippen molar-refractivity contribution in [3.63, 3.8) is 0 Å². The normalized spacial score (nSPS) is 11.9. The zero-order valence-electron chi connectivity index (χ0n) is 16.0.